The normalized spacial score (nSPS) is 13.1. The minimum absolute atomic E-state index is 0.0188. The summed E-state index contributed by atoms with van der Waals surface area (Å²) in [4.78, 5) is 19.3. The fourth-order valence-electron chi connectivity index (χ4n) is 4.59. The number of amides is 1. The molecular formula is C32H39F3N6OS. The van der Waals surface area contributed by atoms with Gasteiger partial charge in [0.15, 0.2) is 5.11 Å². The zero-order valence-corrected chi connectivity index (χ0v) is 26.0. The van der Waals surface area contributed by atoms with E-state index in [1.54, 1.807) is 35.6 Å². The molecule has 1 heterocycles. The SMILES string of the molecule is CCC(C)C(CN(Cc1ccccc1C(F)(F)F)C(=S)NC(C)(C)C)NC(=O)Cc1cncn1Cc1ccc(C#N)cc1. The number of rotatable bonds is 11. The van der Waals surface area contributed by atoms with Crippen molar-refractivity contribution < 1.29 is 18.0 Å². The van der Waals surface area contributed by atoms with Crippen LogP contribution in [0.1, 0.15) is 69.0 Å². The van der Waals surface area contributed by atoms with Gasteiger partial charge in [0.2, 0.25) is 5.91 Å². The maximum absolute atomic E-state index is 13.8. The first-order valence-corrected chi connectivity index (χ1v) is 14.6. The van der Waals surface area contributed by atoms with E-state index < -0.39 is 17.3 Å². The van der Waals surface area contributed by atoms with Gasteiger partial charge in [0.05, 0.1) is 29.9 Å². The van der Waals surface area contributed by atoms with Crippen LogP contribution < -0.4 is 10.6 Å². The number of hydrogen-bond acceptors (Lipinski definition) is 4. The summed E-state index contributed by atoms with van der Waals surface area (Å²) < 4.78 is 43.4. The lowest BCUT2D eigenvalue weighted by molar-refractivity contribution is -0.138. The van der Waals surface area contributed by atoms with Gasteiger partial charge in [0.1, 0.15) is 0 Å². The summed E-state index contributed by atoms with van der Waals surface area (Å²) in [6.07, 6.45) is -0.390. The van der Waals surface area contributed by atoms with E-state index in [0.29, 0.717) is 22.9 Å². The minimum Gasteiger partial charge on any atom is -0.358 e. The second-order valence-electron chi connectivity index (χ2n) is 11.8. The van der Waals surface area contributed by atoms with Gasteiger partial charge in [-0.2, -0.15) is 18.4 Å². The molecule has 0 aliphatic heterocycles. The van der Waals surface area contributed by atoms with Gasteiger partial charge in [-0.15, -0.1) is 0 Å². The molecule has 43 heavy (non-hydrogen) atoms. The van der Waals surface area contributed by atoms with Crippen molar-refractivity contribution in [3.8, 4) is 6.07 Å². The molecule has 0 bridgehead atoms. The third-order valence-electron chi connectivity index (χ3n) is 7.12. The van der Waals surface area contributed by atoms with Gasteiger partial charge in [-0.05, 0) is 68.2 Å². The van der Waals surface area contributed by atoms with E-state index in [9.17, 15) is 18.0 Å². The van der Waals surface area contributed by atoms with Crippen LogP contribution in [0.25, 0.3) is 0 Å². The molecule has 7 nitrogen and oxygen atoms in total. The summed E-state index contributed by atoms with van der Waals surface area (Å²) in [5, 5.41) is 15.7. The topological polar surface area (TPSA) is 86.0 Å². The highest BCUT2D eigenvalue weighted by Gasteiger charge is 2.34. The highest BCUT2D eigenvalue weighted by molar-refractivity contribution is 7.80. The largest absolute Gasteiger partial charge is 0.416 e. The predicted molar refractivity (Wildman–Crippen MR) is 165 cm³/mol. The van der Waals surface area contributed by atoms with Crippen molar-refractivity contribution in [2.75, 3.05) is 6.54 Å². The van der Waals surface area contributed by atoms with Crippen LogP contribution >= 0.6 is 12.2 Å². The number of aromatic nitrogens is 2. The van der Waals surface area contributed by atoms with Crippen LogP contribution in [0.2, 0.25) is 0 Å². The molecule has 0 fully saturated rings. The van der Waals surface area contributed by atoms with E-state index in [-0.39, 0.29) is 42.9 Å². The van der Waals surface area contributed by atoms with Crippen molar-refractivity contribution in [3.63, 3.8) is 0 Å². The second kappa shape index (κ2) is 14.5. The molecule has 0 spiro atoms. The molecule has 1 amide bonds. The van der Waals surface area contributed by atoms with Crippen LogP contribution in [-0.2, 0) is 30.5 Å². The van der Waals surface area contributed by atoms with Gasteiger partial charge in [0, 0.05) is 43.1 Å². The molecule has 2 unspecified atom stereocenters. The van der Waals surface area contributed by atoms with E-state index in [1.165, 1.54) is 12.1 Å². The van der Waals surface area contributed by atoms with E-state index in [1.807, 2.05) is 51.3 Å². The van der Waals surface area contributed by atoms with Crippen LogP contribution in [0.5, 0.6) is 0 Å². The first-order valence-electron chi connectivity index (χ1n) is 14.2. The number of thiocarbonyl (C=S) groups is 1. The number of nitrogens with one attached hydrogen (secondary N) is 2. The first-order chi connectivity index (χ1) is 20.2. The van der Waals surface area contributed by atoms with E-state index in [2.05, 4.69) is 21.7 Å². The molecule has 2 aromatic carbocycles. The van der Waals surface area contributed by atoms with E-state index >= 15 is 0 Å². The number of carbonyl (C=O) groups is 1. The van der Waals surface area contributed by atoms with E-state index in [0.717, 1.165) is 18.1 Å². The summed E-state index contributed by atoms with van der Waals surface area (Å²) >= 11 is 5.69. The molecule has 230 valence electrons. The third-order valence-corrected chi connectivity index (χ3v) is 7.48. The summed E-state index contributed by atoms with van der Waals surface area (Å²) in [6.45, 7) is 10.4. The van der Waals surface area contributed by atoms with Gasteiger partial charge in [-0.3, -0.25) is 4.79 Å². The zero-order chi connectivity index (χ0) is 31.8. The summed E-state index contributed by atoms with van der Waals surface area (Å²) in [7, 11) is 0. The van der Waals surface area contributed by atoms with E-state index in [4.69, 9.17) is 17.5 Å². The molecule has 0 saturated carbocycles. The van der Waals surface area contributed by atoms with Crippen LogP contribution in [0, 0.1) is 17.2 Å². The Bertz CT molecular complexity index is 1420. The number of nitriles is 1. The van der Waals surface area contributed by atoms with Crippen molar-refractivity contribution in [1.82, 2.24) is 25.1 Å². The predicted octanol–water partition coefficient (Wildman–Crippen LogP) is 6.07. The average molecular weight is 613 g/mol. The number of halogens is 3. The van der Waals surface area contributed by atoms with Gasteiger partial charge >= 0.3 is 6.18 Å². The van der Waals surface area contributed by atoms with Crippen LogP contribution in [0.3, 0.4) is 0 Å². The quantitative estimate of drug-likeness (QED) is 0.256. The van der Waals surface area contributed by atoms with Gasteiger partial charge in [0.25, 0.3) is 0 Å². The van der Waals surface area contributed by atoms with Crippen molar-refractivity contribution in [1.29, 1.82) is 5.26 Å². The Morgan fingerprint density at radius 2 is 1.81 bits per heavy atom. The molecule has 0 aliphatic carbocycles. The van der Waals surface area contributed by atoms with Gasteiger partial charge in [-0.25, -0.2) is 4.98 Å². The zero-order valence-electron chi connectivity index (χ0n) is 25.2. The average Bonchev–Trinajstić information content (AvgIpc) is 3.36. The second-order valence-corrected chi connectivity index (χ2v) is 12.2. The fraction of sp³-hybridized carbons (Fsp3) is 0.438. The van der Waals surface area contributed by atoms with Gasteiger partial charge in [-0.1, -0.05) is 50.6 Å². The number of nitrogens with zero attached hydrogens (tertiary/aromatic N) is 4. The molecule has 2 N–H and O–H groups in total. The number of imidazole rings is 1. The molecule has 3 rings (SSSR count). The highest BCUT2D eigenvalue weighted by atomic mass is 32.1. The number of carbonyl (C=O) groups excluding carboxylic acids is 1. The van der Waals surface area contributed by atoms with Crippen molar-refractivity contribution in [2.45, 2.75) is 78.3 Å². The van der Waals surface area contributed by atoms with Crippen molar-refractivity contribution in [3.05, 3.63) is 89.0 Å². The molecule has 0 radical (unpaired) electrons. The Kier molecular flexibility index (Phi) is 11.3. The lowest BCUT2D eigenvalue weighted by Crippen LogP contribution is -2.54. The maximum Gasteiger partial charge on any atom is 0.416 e. The van der Waals surface area contributed by atoms with Crippen molar-refractivity contribution in [2.24, 2.45) is 5.92 Å². The Morgan fingerprint density at radius 1 is 1.14 bits per heavy atom. The van der Waals surface area contributed by atoms with Crippen LogP contribution in [0.4, 0.5) is 13.2 Å². The Morgan fingerprint density at radius 3 is 2.42 bits per heavy atom. The molecule has 3 aromatic rings. The number of benzene rings is 2. The molecule has 0 saturated heterocycles. The lowest BCUT2D eigenvalue weighted by atomic mass is 9.97. The number of hydrogen-bond donors (Lipinski definition) is 2. The molecule has 2 atom stereocenters. The van der Waals surface area contributed by atoms with Crippen LogP contribution in [-0.4, -0.2) is 43.6 Å². The Hall–Kier alpha value is -3.91. The third kappa shape index (κ3) is 10.1. The standard InChI is InChI=1S/C32H39F3N6OS/c1-6-22(2)28(38-29(42)15-26-17-37-21-41(26)18-24-13-11-23(16-36)12-14-24)20-40(30(43)39-31(3,4)5)19-25-9-7-8-10-27(25)32(33,34)35/h7-14,17,21-22,28H,6,15,18-20H2,1-5H3,(H,38,42)(H,39,43). The molecule has 11 heteroatoms. The van der Waals surface area contributed by atoms with Crippen molar-refractivity contribution >= 4 is 23.2 Å². The molecular weight excluding hydrogens is 573 g/mol. The number of alkyl halides is 3. The summed E-state index contributed by atoms with van der Waals surface area (Å²) in [6, 6.07) is 14.4. The molecule has 0 aliphatic rings. The Labute approximate surface area is 257 Å². The highest BCUT2D eigenvalue weighted by Crippen LogP contribution is 2.32. The maximum atomic E-state index is 13.8. The lowest BCUT2D eigenvalue weighted by Gasteiger charge is -2.36. The minimum atomic E-state index is -4.51. The Balaban J connectivity index is 1.80. The summed E-state index contributed by atoms with van der Waals surface area (Å²) in [5.41, 5.74) is 1.23. The summed E-state index contributed by atoms with van der Waals surface area (Å²) in [5.74, 6) is -0.206. The smallest absolute Gasteiger partial charge is 0.358 e. The molecule has 1 aromatic heterocycles. The van der Waals surface area contributed by atoms with Crippen LogP contribution in [0.15, 0.2) is 61.1 Å². The van der Waals surface area contributed by atoms with Gasteiger partial charge < -0.3 is 20.1 Å². The monoisotopic (exact) mass is 612 g/mol. The first kappa shape index (κ1) is 33.6. The fourth-order valence-corrected chi connectivity index (χ4v) is 5.04.